The predicted molar refractivity (Wildman–Crippen MR) is 114 cm³/mol. The van der Waals surface area contributed by atoms with Gasteiger partial charge in [0.25, 0.3) is 0 Å². The zero-order valence-electron chi connectivity index (χ0n) is 15.5. The van der Waals surface area contributed by atoms with Crippen molar-refractivity contribution in [1.29, 1.82) is 0 Å². The molecule has 0 aliphatic heterocycles. The Balaban J connectivity index is 1.48. The molecule has 2 heterocycles. The van der Waals surface area contributed by atoms with Crippen LogP contribution in [0.2, 0.25) is 0 Å². The molecule has 0 bridgehead atoms. The lowest BCUT2D eigenvalue weighted by atomic mass is 10.1. The van der Waals surface area contributed by atoms with Crippen LogP contribution in [0.3, 0.4) is 0 Å². The molecule has 28 heavy (non-hydrogen) atoms. The van der Waals surface area contributed by atoms with E-state index in [0.29, 0.717) is 0 Å². The normalized spacial score (nSPS) is 11.2. The molecule has 0 saturated carbocycles. The van der Waals surface area contributed by atoms with E-state index in [1.165, 1.54) is 11.0 Å². The number of benzene rings is 2. The number of hydrogen-bond acceptors (Lipinski definition) is 4. The number of thiazole rings is 1. The van der Waals surface area contributed by atoms with E-state index in [2.05, 4.69) is 23.4 Å². The molecule has 0 atom stereocenters. The van der Waals surface area contributed by atoms with Crippen molar-refractivity contribution in [3.05, 3.63) is 77.4 Å². The number of aryl methyl sites for hydroxylation is 1. The molecule has 2 aromatic carbocycles. The smallest absolute Gasteiger partial charge is 0.248 e. The first kappa shape index (κ1) is 18.0. The fourth-order valence-corrected chi connectivity index (χ4v) is 3.72. The van der Waals surface area contributed by atoms with E-state index < -0.39 is 0 Å². The van der Waals surface area contributed by atoms with Crippen molar-refractivity contribution in [1.82, 2.24) is 9.38 Å². The minimum absolute atomic E-state index is 0.193. The molecule has 1 N–H and O–H groups in total. The number of amides is 1. The first-order valence-corrected chi connectivity index (χ1v) is 9.61. The summed E-state index contributed by atoms with van der Waals surface area (Å²) in [6, 6.07) is 15.2. The van der Waals surface area contributed by atoms with Gasteiger partial charge in [-0.1, -0.05) is 24.3 Å². The quantitative estimate of drug-likeness (QED) is 0.487. The number of methoxy groups -OCH3 is 1. The molecule has 0 unspecified atom stereocenters. The van der Waals surface area contributed by atoms with Gasteiger partial charge < -0.3 is 10.1 Å². The van der Waals surface area contributed by atoms with Crippen LogP contribution in [0.4, 0.5) is 5.69 Å². The number of rotatable bonds is 5. The second-order valence-electron chi connectivity index (χ2n) is 6.34. The molecule has 6 heteroatoms. The minimum Gasteiger partial charge on any atom is -0.497 e. The summed E-state index contributed by atoms with van der Waals surface area (Å²) < 4.78 is 7.22. The summed E-state index contributed by atoms with van der Waals surface area (Å²) in [5.41, 5.74) is 3.47. The first-order chi connectivity index (χ1) is 13.6. The molecule has 0 aliphatic carbocycles. The fourth-order valence-electron chi connectivity index (χ4n) is 2.91. The monoisotopic (exact) mass is 389 g/mol. The number of anilines is 1. The molecule has 4 aromatic rings. The zero-order chi connectivity index (χ0) is 19.5. The summed E-state index contributed by atoms with van der Waals surface area (Å²) >= 11 is 1.65. The van der Waals surface area contributed by atoms with Crippen molar-refractivity contribution in [2.24, 2.45) is 0 Å². The molecule has 0 radical (unpaired) electrons. The van der Waals surface area contributed by atoms with Crippen molar-refractivity contribution in [2.75, 3.05) is 12.4 Å². The van der Waals surface area contributed by atoms with Gasteiger partial charge in [-0.25, -0.2) is 4.98 Å². The number of nitrogens with zero attached hydrogens (tertiary/aromatic N) is 2. The van der Waals surface area contributed by atoms with Crippen LogP contribution in [0, 0.1) is 6.92 Å². The van der Waals surface area contributed by atoms with Gasteiger partial charge in [-0.2, -0.15) is 0 Å². The summed E-state index contributed by atoms with van der Waals surface area (Å²) in [5, 5.41) is 2.90. The van der Waals surface area contributed by atoms with Crippen molar-refractivity contribution in [2.45, 2.75) is 6.92 Å². The SMILES string of the molecule is COc1cccc(/C=C/C(=O)Nc2cccc(-c3cn4cc(C)sc4n3)c2)c1. The first-order valence-electron chi connectivity index (χ1n) is 8.79. The van der Waals surface area contributed by atoms with Gasteiger partial charge in [-0.3, -0.25) is 9.20 Å². The van der Waals surface area contributed by atoms with E-state index in [1.807, 2.05) is 59.1 Å². The molecule has 140 valence electrons. The molecular formula is C22H19N3O2S. The molecule has 0 spiro atoms. The van der Waals surface area contributed by atoms with Crippen LogP contribution in [-0.4, -0.2) is 22.4 Å². The summed E-state index contributed by atoms with van der Waals surface area (Å²) in [5.74, 6) is 0.562. The molecule has 0 saturated heterocycles. The second kappa shape index (κ2) is 7.70. The number of carbonyl (C=O) groups is 1. The maximum atomic E-state index is 12.3. The third-order valence-electron chi connectivity index (χ3n) is 4.22. The lowest BCUT2D eigenvalue weighted by Gasteiger charge is -2.04. The van der Waals surface area contributed by atoms with E-state index in [-0.39, 0.29) is 5.91 Å². The van der Waals surface area contributed by atoms with Crippen LogP contribution in [0.25, 0.3) is 22.3 Å². The maximum absolute atomic E-state index is 12.3. The molecule has 5 nitrogen and oxygen atoms in total. The number of imidazole rings is 1. The van der Waals surface area contributed by atoms with E-state index in [1.54, 1.807) is 24.5 Å². The third kappa shape index (κ3) is 3.97. The van der Waals surface area contributed by atoms with Gasteiger partial charge in [-0.05, 0) is 42.8 Å². The maximum Gasteiger partial charge on any atom is 0.248 e. The Morgan fingerprint density at radius 1 is 1.18 bits per heavy atom. The summed E-state index contributed by atoms with van der Waals surface area (Å²) in [4.78, 5) is 19.1. The third-order valence-corrected chi connectivity index (χ3v) is 5.13. The standard InChI is InChI=1S/C22H19N3O2S/c1-15-13-25-14-20(24-22(25)28-15)17-6-4-7-18(12-17)23-21(26)10-9-16-5-3-8-19(11-16)27-2/h3-14H,1-2H3,(H,23,26)/b10-9+. The van der Waals surface area contributed by atoms with E-state index in [9.17, 15) is 4.79 Å². The summed E-state index contributed by atoms with van der Waals surface area (Å²) in [6.07, 6.45) is 7.33. The molecule has 0 aliphatic rings. The molecule has 1 amide bonds. The Bertz CT molecular complexity index is 1140. The summed E-state index contributed by atoms with van der Waals surface area (Å²) in [7, 11) is 1.62. The molecule has 2 aromatic heterocycles. The number of aromatic nitrogens is 2. The molecule has 4 rings (SSSR count). The average molecular weight is 389 g/mol. The van der Waals surface area contributed by atoms with E-state index >= 15 is 0 Å². The molecule has 0 fully saturated rings. The summed E-state index contributed by atoms with van der Waals surface area (Å²) in [6.45, 7) is 2.06. The van der Waals surface area contributed by atoms with Gasteiger partial charge >= 0.3 is 0 Å². The van der Waals surface area contributed by atoms with Crippen molar-refractivity contribution >= 4 is 34.0 Å². The predicted octanol–water partition coefficient (Wildman–Crippen LogP) is 5.03. The number of ether oxygens (including phenoxy) is 1. The Morgan fingerprint density at radius 3 is 2.86 bits per heavy atom. The van der Waals surface area contributed by atoms with Crippen molar-refractivity contribution in [3.63, 3.8) is 0 Å². The van der Waals surface area contributed by atoms with Gasteiger partial charge in [0.05, 0.1) is 12.8 Å². The largest absolute Gasteiger partial charge is 0.497 e. The van der Waals surface area contributed by atoms with Crippen LogP contribution < -0.4 is 10.1 Å². The van der Waals surface area contributed by atoms with Crippen LogP contribution in [-0.2, 0) is 4.79 Å². The number of nitrogens with one attached hydrogen (secondary N) is 1. The Labute approximate surface area is 166 Å². The number of carbonyl (C=O) groups excluding carboxylic acids is 1. The number of fused-ring (bicyclic) bond motifs is 1. The number of hydrogen-bond donors (Lipinski definition) is 1. The van der Waals surface area contributed by atoms with Crippen LogP contribution in [0.5, 0.6) is 5.75 Å². The van der Waals surface area contributed by atoms with Gasteiger partial charge in [0, 0.05) is 34.6 Å². The van der Waals surface area contributed by atoms with E-state index in [0.717, 1.165) is 33.2 Å². The van der Waals surface area contributed by atoms with Gasteiger partial charge in [0.2, 0.25) is 5.91 Å². The van der Waals surface area contributed by atoms with Gasteiger partial charge in [-0.15, -0.1) is 11.3 Å². The van der Waals surface area contributed by atoms with E-state index in [4.69, 9.17) is 4.74 Å². The lowest BCUT2D eigenvalue weighted by Crippen LogP contribution is -2.07. The minimum atomic E-state index is -0.193. The fraction of sp³-hybridized carbons (Fsp3) is 0.0909. The molecular weight excluding hydrogens is 370 g/mol. The Morgan fingerprint density at radius 2 is 2.04 bits per heavy atom. The average Bonchev–Trinajstić information content (AvgIpc) is 3.24. The van der Waals surface area contributed by atoms with Gasteiger partial charge in [0.15, 0.2) is 4.96 Å². The Kier molecular flexibility index (Phi) is 4.95. The highest BCUT2D eigenvalue weighted by Gasteiger charge is 2.08. The van der Waals surface area contributed by atoms with Crippen LogP contribution in [0.1, 0.15) is 10.4 Å². The van der Waals surface area contributed by atoms with Crippen LogP contribution >= 0.6 is 11.3 Å². The topological polar surface area (TPSA) is 55.6 Å². The highest BCUT2D eigenvalue weighted by molar-refractivity contribution is 7.17. The van der Waals surface area contributed by atoms with Crippen LogP contribution in [0.15, 0.2) is 67.0 Å². The highest BCUT2D eigenvalue weighted by atomic mass is 32.1. The lowest BCUT2D eigenvalue weighted by molar-refractivity contribution is -0.111. The second-order valence-corrected chi connectivity index (χ2v) is 7.55. The van der Waals surface area contributed by atoms with Gasteiger partial charge in [0.1, 0.15) is 5.75 Å². The Hall–Kier alpha value is -3.38. The van der Waals surface area contributed by atoms with Crippen molar-refractivity contribution in [3.8, 4) is 17.0 Å². The van der Waals surface area contributed by atoms with Crippen molar-refractivity contribution < 1.29 is 9.53 Å². The highest BCUT2D eigenvalue weighted by Crippen LogP contribution is 2.25. The zero-order valence-corrected chi connectivity index (χ0v) is 16.4.